The predicted octanol–water partition coefficient (Wildman–Crippen LogP) is 3.02. The molecular formula is C15H17N3O. The summed E-state index contributed by atoms with van der Waals surface area (Å²) in [6, 6.07) is 8.07. The van der Waals surface area contributed by atoms with Crippen LogP contribution in [0.3, 0.4) is 0 Å². The van der Waals surface area contributed by atoms with E-state index in [1.165, 1.54) is 5.56 Å². The lowest BCUT2D eigenvalue weighted by atomic mass is 10.1. The van der Waals surface area contributed by atoms with Crippen molar-refractivity contribution in [2.45, 2.75) is 20.3 Å². The van der Waals surface area contributed by atoms with Gasteiger partial charge in [0.2, 0.25) is 5.95 Å². The van der Waals surface area contributed by atoms with Gasteiger partial charge in [0.05, 0.1) is 11.9 Å². The van der Waals surface area contributed by atoms with Gasteiger partial charge in [0.15, 0.2) is 5.75 Å². The Morgan fingerprint density at radius 1 is 1.16 bits per heavy atom. The lowest BCUT2D eigenvalue weighted by Gasteiger charge is -2.22. The van der Waals surface area contributed by atoms with Crippen molar-refractivity contribution in [2.24, 2.45) is 0 Å². The van der Waals surface area contributed by atoms with E-state index in [0.29, 0.717) is 0 Å². The van der Waals surface area contributed by atoms with Gasteiger partial charge in [-0.2, -0.15) is 0 Å². The quantitative estimate of drug-likeness (QED) is 0.721. The van der Waals surface area contributed by atoms with Crippen molar-refractivity contribution < 1.29 is 4.74 Å². The molecule has 0 bridgehead atoms. The first kappa shape index (κ1) is 12.0. The van der Waals surface area contributed by atoms with Gasteiger partial charge in [0.1, 0.15) is 5.75 Å². The fraction of sp³-hybridized carbons (Fsp3) is 0.333. The van der Waals surface area contributed by atoms with Crippen LogP contribution in [0.5, 0.6) is 11.5 Å². The second-order valence-corrected chi connectivity index (χ2v) is 4.54. The molecule has 4 heteroatoms. The lowest BCUT2D eigenvalue weighted by Crippen LogP contribution is -2.24. The van der Waals surface area contributed by atoms with E-state index in [0.717, 1.165) is 42.7 Å². The van der Waals surface area contributed by atoms with Gasteiger partial charge in [-0.3, -0.25) is 0 Å². The molecule has 0 radical (unpaired) electrons. The van der Waals surface area contributed by atoms with Gasteiger partial charge in [-0.1, -0.05) is 18.2 Å². The zero-order chi connectivity index (χ0) is 13.2. The number of hydrogen-bond acceptors (Lipinski definition) is 4. The number of hydrogen-bond donors (Lipinski definition) is 0. The van der Waals surface area contributed by atoms with Crippen molar-refractivity contribution in [1.29, 1.82) is 0 Å². The van der Waals surface area contributed by atoms with Crippen LogP contribution in [0.1, 0.15) is 25.1 Å². The zero-order valence-electron chi connectivity index (χ0n) is 11.3. The second-order valence-electron chi connectivity index (χ2n) is 4.54. The van der Waals surface area contributed by atoms with Gasteiger partial charge in [-0.15, -0.1) is 0 Å². The average molecular weight is 255 g/mol. The number of nitrogens with zero attached hydrogens (tertiary/aromatic N) is 3. The number of para-hydroxylation sites is 1. The Morgan fingerprint density at radius 2 is 1.95 bits per heavy atom. The third-order valence-electron chi connectivity index (χ3n) is 3.41. The molecule has 0 amide bonds. The molecule has 0 atom stereocenters. The highest BCUT2D eigenvalue weighted by Gasteiger charge is 2.19. The number of anilines is 1. The van der Waals surface area contributed by atoms with Crippen LogP contribution in [0, 0.1) is 0 Å². The molecular weight excluding hydrogens is 238 g/mol. The molecule has 3 rings (SSSR count). The van der Waals surface area contributed by atoms with Crippen molar-refractivity contribution >= 4 is 5.95 Å². The minimum atomic E-state index is 0.773. The topological polar surface area (TPSA) is 38.2 Å². The van der Waals surface area contributed by atoms with E-state index >= 15 is 0 Å². The van der Waals surface area contributed by atoms with Crippen molar-refractivity contribution in [3.05, 3.63) is 41.7 Å². The van der Waals surface area contributed by atoms with Crippen LogP contribution in [-0.2, 0) is 6.42 Å². The van der Waals surface area contributed by atoms with Crippen molar-refractivity contribution in [3.8, 4) is 11.5 Å². The Balaban J connectivity index is 1.96. The van der Waals surface area contributed by atoms with Crippen molar-refractivity contribution in [2.75, 3.05) is 18.0 Å². The molecule has 4 nitrogen and oxygen atoms in total. The van der Waals surface area contributed by atoms with Gasteiger partial charge in [0, 0.05) is 25.1 Å². The monoisotopic (exact) mass is 255 g/mol. The third kappa shape index (κ3) is 2.14. The summed E-state index contributed by atoms with van der Waals surface area (Å²) in [6.07, 6.45) is 2.59. The molecule has 1 aromatic carbocycles. The van der Waals surface area contributed by atoms with Crippen LogP contribution in [0.4, 0.5) is 5.95 Å². The molecule has 2 aromatic rings. The Kier molecular flexibility index (Phi) is 3.07. The van der Waals surface area contributed by atoms with Gasteiger partial charge in [0.25, 0.3) is 0 Å². The third-order valence-corrected chi connectivity index (χ3v) is 3.41. The molecule has 0 N–H and O–H groups in total. The van der Waals surface area contributed by atoms with Crippen LogP contribution < -0.4 is 9.64 Å². The molecule has 0 saturated heterocycles. The summed E-state index contributed by atoms with van der Waals surface area (Å²) in [7, 11) is 0. The summed E-state index contributed by atoms with van der Waals surface area (Å²) in [4.78, 5) is 11.2. The molecule has 1 aliphatic rings. The largest absolute Gasteiger partial charge is 0.454 e. The fourth-order valence-corrected chi connectivity index (χ4v) is 2.31. The van der Waals surface area contributed by atoms with E-state index in [4.69, 9.17) is 4.74 Å². The highest BCUT2D eigenvalue weighted by atomic mass is 16.5. The van der Waals surface area contributed by atoms with Gasteiger partial charge in [-0.25, -0.2) is 9.97 Å². The summed E-state index contributed by atoms with van der Waals surface area (Å²) in [6.45, 7) is 6.04. The summed E-state index contributed by atoms with van der Waals surface area (Å²) in [5.41, 5.74) is 2.15. The summed E-state index contributed by atoms with van der Waals surface area (Å²) in [5, 5.41) is 0. The first-order valence-corrected chi connectivity index (χ1v) is 6.68. The normalized spacial score (nSPS) is 12.3. The van der Waals surface area contributed by atoms with E-state index in [-0.39, 0.29) is 0 Å². The van der Waals surface area contributed by atoms with E-state index in [9.17, 15) is 0 Å². The summed E-state index contributed by atoms with van der Waals surface area (Å²) in [5.74, 6) is 2.47. The number of benzene rings is 1. The van der Waals surface area contributed by atoms with Crippen LogP contribution in [0.25, 0.3) is 0 Å². The van der Waals surface area contributed by atoms with Gasteiger partial charge < -0.3 is 9.64 Å². The molecule has 0 unspecified atom stereocenters. The summed E-state index contributed by atoms with van der Waals surface area (Å²) < 4.78 is 5.84. The minimum Gasteiger partial charge on any atom is -0.454 e. The van der Waals surface area contributed by atoms with E-state index < -0.39 is 0 Å². The van der Waals surface area contributed by atoms with Crippen LogP contribution in [-0.4, -0.2) is 23.1 Å². The maximum atomic E-state index is 5.84. The Labute approximate surface area is 113 Å². The highest BCUT2D eigenvalue weighted by Crippen LogP contribution is 2.35. The van der Waals surface area contributed by atoms with Crippen LogP contribution in [0.15, 0.2) is 30.5 Å². The molecule has 1 aromatic heterocycles. The van der Waals surface area contributed by atoms with E-state index in [1.54, 1.807) is 6.20 Å². The zero-order valence-corrected chi connectivity index (χ0v) is 11.3. The number of aromatic nitrogens is 2. The van der Waals surface area contributed by atoms with Crippen LogP contribution >= 0.6 is 0 Å². The molecule has 1 aliphatic heterocycles. The molecule has 19 heavy (non-hydrogen) atoms. The Morgan fingerprint density at radius 3 is 2.74 bits per heavy atom. The maximum absolute atomic E-state index is 5.84. The summed E-state index contributed by atoms with van der Waals surface area (Å²) >= 11 is 0. The van der Waals surface area contributed by atoms with Crippen molar-refractivity contribution in [1.82, 2.24) is 9.97 Å². The SMILES string of the molecule is CCN(CC)c1ncc2c(n1)Cc1ccccc1O2. The smallest absolute Gasteiger partial charge is 0.225 e. The minimum absolute atomic E-state index is 0.773. The molecule has 0 fully saturated rings. The van der Waals surface area contributed by atoms with Gasteiger partial charge in [-0.05, 0) is 19.9 Å². The fourth-order valence-electron chi connectivity index (χ4n) is 2.31. The number of ether oxygens (including phenoxy) is 1. The predicted molar refractivity (Wildman–Crippen MR) is 74.9 cm³/mol. The number of fused-ring (bicyclic) bond motifs is 2. The number of rotatable bonds is 3. The second kappa shape index (κ2) is 4.88. The van der Waals surface area contributed by atoms with Gasteiger partial charge >= 0.3 is 0 Å². The lowest BCUT2D eigenvalue weighted by molar-refractivity contribution is 0.452. The maximum Gasteiger partial charge on any atom is 0.225 e. The molecule has 0 aliphatic carbocycles. The molecule has 2 heterocycles. The Hall–Kier alpha value is -2.10. The Bertz CT molecular complexity index is 594. The van der Waals surface area contributed by atoms with E-state index in [2.05, 4.69) is 34.8 Å². The first-order valence-electron chi connectivity index (χ1n) is 6.68. The molecule has 0 spiro atoms. The van der Waals surface area contributed by atoms with Crippen LogP contribution in [0.2, 0.25) is 0 Å². The average Bonchev–Trinajstić information content (AvgIpc) is 2.46. The van der Waals surface area contributed by atoms with Crippen molar-refractivity contribution in [3.63, 3.8) is 0 Å². The molecule has 0 saturated carbocycles. The molecule has 98 valence electrons. The first-order chi connectivity index (χ1) is 9.31. The van der Waals surface area contributed by atoms with E-state index in [1.807, 2.05) is 18.2 Å². The highest BCUT2D eigenvalue weighted by molar-refractivity contribution is 5.48. The standard InChI is InChI=1S/C15H17N3O/c1-3-18(4-2)15-16-10-14-12(17-15)9-11-7-5-6-8-13(11)19-14/h5-8,10H,3-4,9H2,1-2H3.